The second kappa shape index (κ2) is 8.52. The lowest BCUT2D eigenvalue weighted by Gasteiger charge is -2.22. The molecule has 0 atom stereocenters. The summed E-state index contributed by atoms with van der Waals surface area (Å²) in [5.74, 6) is 0. The van der Waals surface area contributed by atoms with Crippen LogP contribution in [0.25, 0.3) is 0 Å². The zero-order valence-corrected chi connectivity index (χ0v) is 16.6. The van der Waals surface area contributed by atoms with E-state index in [2.05, 4.69) is 9.44 Å². The number of nitrogens with one attached hydrogen (secondary N) is 2. The van der Waals surface area contributed by atoms with Gasteiger partial charge in [-0.25, -0.2) is 26.3 Å². The first-order chi connectivity index (χ1) is 12.9. The lowest BCUT2D eigenvalue weighted by Crippen LogP contribution is -2.36. The zero-order valence-electron chi connectivity index (χ0n) is 15.0. The highest BCUT2D eigenvalue weighted by molar-refractivity contribution is 7.90. The minimum atomic E-state index is -3.71. The fourth-order valence-electron chi connectivity index (χ4n) is 3.16. The van der Waals surface area contributed by atoms with E-state index in [9.17, 15) is 16.8 Å². The molecule has 8 heteroatoms. The summed E-state index contributed by atoms with van der Waals surface area (Å²) in [7, 11) is -7.36. The Labute approximate surface area is 161 Å². The van der Waals surface area contributed by atoms with Crippen molar-refractivity contribution in [2.45, 2.75) is 54.5 Å². The van der Waals surface area contributed by atoms with Crippen molar-refractivity contribution in [3.8, 4) is 0 Å². The van der Waals surface area contributed by atoms with Crippen LogP contribution in [0.15, 0.2) is 64.4 Å². The number of rotatable bonds is 7. The minimum absolute atomic E-state index is 0.0371. The Morgan fingerprint density at radius 3 is 1.89 bits per heavy atom. The second-order valence-corrected chi connectivity index (χ2v) is 10.2. The quantitative estimate of drug-likeness (QED) is 0.737. The molecule has 1 saturated carbocycles. The molecule has 146 valence electrons. The molecule has 1 aliphatic carbocycles. The van der Waals surface area contributed by atoms with Crippen molar-refractivity contribution in [2.75, 3.05) is 0 Å². The summed E-state index contributed by atoms with van der Waals surface area (Å²) < 4.78 is 55.1. The van der Waals surface area contributed by atoms with Crippen LogP contribution in [0.5, 0.6) is 0 Å². The van der Waals surface area contributed by atoms with Crippen LogP contribution in [-0.4, -0.2) is 22.9 Å². The first-order valence-electron chi connectivity index (χ1n) is 9.03. The third-order valence-corrected chi connectivity index (χ3v) is 7.63. The molecule has 0 aromatic heterocycles. The molecule has 27 heavy (non-hydrogen) atoms. The molecule has 2 N–H and O–H groups in total. The van der Waals surface area contributed by atoms with Gasteiger partial charge in [-0.15, -0.1) is 0 Å². The molecule has 0 saturated heterocycles. The van der Waals surface area contributed by atoms with Crippen molar-refractivity contribution in [2.24, 2.45) is 0 Å². The normalized spacial score (nSPS) is 16.3. The first kappa shape index (κ1) is 20.0. The van der Waals surface area contributed by atoms with E-state index >= 15 is 0 Å². The van der Waals surface area contributed by atoms with Crippen molar-refractivity contribution in [1.29, 1.82) is 0 Å². The fraction of sp³-hybridized carbons (Fsp3) is 0.368. The van der Waals surface area contributed by atoms with Crippen LogP contribution in [0, 0.1) is 0 Å². The summed E-state index contributed by atoms with van der Waals surface area (Å²) >= 11 is 0. The molecule has 1 fully saturated rings. The van der Waals surface area contributed by atoms with Gasteiger partial charge in [0.15, 0.2) is 0 Å². The molecule has 0 bridgehead atoms. The molecule has 2 aromatic rings. The molecule has 0 amide bonds. The van der Waals surface area contributed by atoms with Crippen molar-refractivity contribution in [1.82, 2.24) is 9.44 Å². The summed E-state index contributed by atoms with van der Waals surface area (Å²) in [6.45, 7) is 0.173. The van der Waals surface area contributed by atoms with Gasteiger partial charge in [-0.05, 0) is 42.7 Å². The Morgan fingerprint density at radius 1 is 0.741 bits per heavy atom. The smallest absolute Gasteiger partial charge is 0.208 e. The third-order valence-electron chi connectivity index (χ3n) is 4.68. The van der Waals surface area contributed by atoms with Gasteiger partial charge in [-0.1, -0.05) is 49.6 Å². The summed E-state index contributed by atoms with van der Waals surface area (Å²) in [5, 5.41) is 0. The third kappa shape index (κ3) is 5.38. The Hall–Kier alpha value is -1.74. The Bertz CT molecular complexity index is 951. The van der Waals surface area contributed by atoms with Gasteiger partial charge in [0.2, 0.25) is 20.0 Å². The summed E-state index contributed by atoms with van der Waals surface area (Å²) in [6, 6.07) is 14.5. The van der Waals surface area contributed by atoms with E-state index in [0.29, 0.717) is 0 Å². The van der Waals surface area contributed by atoms with E-state index in [1.165, 1.54) is 24.3 Å². The molecular formula is C19H24N2O4S2. The van der Waals surface area contributed by atoms with E-state index in [0.717, 1.165) is 37.7 Å². The lowest BCUT2D eigenvalue weighted by atomic mass is 9.96. The summed E-state index contributed by atoms with van der Waals surface area (Å²) in [4.78, 5) is 0.116. The second-order valence-electron chi connectivity index (χ2n) is 6.74. The highest BCUT2D eigenvalue weighted by Gasteiger charge is 2.22. The average molecular weight is 409 g/mol. The van der Waals surface area contributed by atoms with Gasteiger partial charge in [0.05, 0.1) is 9.79 Å². The Morgan fingerprint density at radius 2 is 1.30 bits per heavy atom. The number of hydrogen-bond donors (Lipinski definition) is 2. The molecule has 3 rings (SSSR count). The van der Waals surface area contributed by atoms with Gasteiger partial charge in [0, 0.05) is 12.6 Å². The largest absolute Gasteiger partial charge is 0.240 e. The standard InChI is InChI=1S/C19H24N2O4S2/c22-26(23,20-15-16-7-3-1-4-8-16)18-11-13-19(14-12-18)27(24,25)21-17-9-5-2-6-10-17/h1,3-4,7-8,11-14,17,20-21H,2,5-6,9-10,15H2. The predicted octanol–water partition coefficient (Wildman–Crippen LogP) is 2.78. The van der Waals surface area contributed by atoms with E-state index in [1.807, 2.05) is 30.3 Å². The van der Waals surface area contributed by atoms with E-state index < -0.39 is 20.0 Å². The SMILES string of the molecule is O=S(=O)(NCc1ccccc1)c1ccc(S(=O)(=O)NC2CCCCC2)cc1. The van der Waals surface area contributed by atoms with Crippen LogP contribution >= 0.6 is 0 Å². The lowest BCUT2D eigenvalue weighted by molar-refractivity contribution is 0.412. The van der Waals surface area contributed by atoms with Gasteiger partial charge >= 0.3 is 0 Å². The van der Waals surface area contributed by atoms with Gasteiger partial charge in [-0.2, -0.15) is 0 Å². The zero-order chi connectivity index (χ0) is 19.3. The maximum atomic E-state index is 12.5. The first-order valence-corrected chi connectivity index (χ1v) is 12.0. The van der Waals surface area contributed by atoms with Crippen LogP contribution in [0.3, 0.4) is 0 Å². The molecule has 0 radical (unpaired) electrons. The highest BCUT2D eigenvalue weighted by Crippen LogP contribution is 2.21. The van der Waals surface area contributed by atoms with Crippen LogP contribution < -0.4 is 9.44 Å². The Kier molecular flexibility index (Phi) is 6.31. The van der Waals surface area contributed by atoms with Gasteiger partial charge < -0.3 is 0 Å². The van der Waals surface area contributed by atoms with Crippen molar-refractivity contribution >= 4 is 20.0 Å². The average Bonchev–Trinajstić information content (AvgIpc) is 2.68. The van der Waals surface area contributed by atoms with Crippen LogP contribution in [0.1, 0.15) is 37.7 Å². The van der Waals surface area contributed by atoms with Gasteiger partial charge in [0.25, 0.3) is 0 Å². The fourth-order valence-corrected chi connectivity index (χ4v) is 5.49. The van der Waals surface area contributed by atoms with Crippen molar-refractivity contribution in [3.05, 3.63) is 60.2 Å². The van der Waals surface area contributed by atoms with Crippen LogP contribution in [0.4, 0.5) is 0 Å². The monoisotopic (exact) mass is 408 g/mol. The van der Waals surface area contributed by atoms with Crippen molar-refractivity contribution in [3.63, 3.8) is 0 Å². The van der Waals surface area contributed by atoms with Crippen LogP contribution in [0.2, 0.25) is 0 Å². The van der Waals surface area contributed by atoms with Crippen molar-refractivity contribution < 1.29 is 16.8 Å². The number of sulfonamides is 2. The number of benzene rings is 2. The predicted molar refractivity (Wildman–Crippen MR) is 104 cm³/mol. The molecule has 0 heterocycles. The molecule has 0 spiro atoms. The van der Waals surface area contributed by atoms with E-state index in [-0.39, 0.29) is 22.4 Å². The molecule has 0 unspecified atom stereocenters. The maximum Gasteiger partial charge on any atom is 0.240 e. The topological polar surface area (TPSA) is 92.3 Å². The molecule has 0 aliphatic heterocycles. The Balaban J connectivity index is 1.68. The molecule has 2 aromatic carbocycles. The maximum absolute atomic E-state index is 12.5. The van der Waals surface area contributed by atoms with Gasteiger partial charge in [0.1, 0.15) is 0 Å². The molecule has 1 aliphatic rings. The van der Waals surface area contributed by atoms with Gasteiger partial charge in [-0.3, -0.25) is 0 Å². The van der Waals surface area contributed by atoms with E-state index in [1.54, 1.807) is 0 Å². The summed E-state index contributed by atoms with van der Waals surface area (Å²) in [6.07, 6.45) is 4.87. The molecular weight excluding hydrogens is 384 g/mol. The minimum Gasteiger partial charge on any atom is -0.208 e. The molecule has 6 nitrogen and oxygen atoms in total. The number of hydrogen-bond acceptors (Lipinski definition) is 4. The highest BCUT2D eigenvalue weighted by atomic mass is 32.2. The van der Waals surface area contributed by atoms with E-state index in [4.69, 9.17) is 0 Å². The van der Waals surface area contributed by atoms with Crippen LogP contribution in [-0.2, 0) is 26.6 Å². The summed E-state index contributed by atoms with van der Waals surface area (Å²) in [5.41, 5.74) is 0.844.